The fourth-order valence-electron chi connectivity index (χ4n) is 4.85. The van der Waals surface area contributed by atoms with Gasteiger partial charge in [-0.3, -0.25) is 9.69 Å². The van der Waals surface area contributed by atoms with Crippen LogP contribution < -0.4 is 5.32 Å². The molecule has 0 bridgehead atoms. The van der Waals surface area contributed by atoms with Crippen LogP contribution in [0.2, 0.25) is 0 Å². The highest BCUT2D eigenvalue weighted by atomic mass is 16.2. The molecule has 4 heteroatoms. The summed E-state index contributed by atoms with van der Waals surface area (Å²) in [4.78, 5) is 18.2. The van der Waals surface area contributed by atoms with Gasteiger partial charge in [0.1, 0.15) is 5.54 Å². The van der Waals surface area contributed by atoms with Gasteiger partial charge in [-0.05, 0) is 56.1 Å². The molecule has 29 heavy (non-hydrogen) atoms. The molecule has 1 saturated heterocycles. The Kier molecular flexibility index (Phi) is 6.31. The maximum atomic E-state index is 13.5. The van der Waals surface area contributed by atoms with E-state index in [1.165, 1.54) is 42.6 Å². The first-order chi connectivity index (χ1) is 14.2. The average molecular weight is 392 g/mol. The molecule has 1 heterocycles. The molecule has 2 aromatic rings. The summed E-state index contributed by atoms with van der Waals surface area (Å²) in [7, 11) is 2.12. The maximum absolute atomic E-state index is 13.5. The molecule has 0 saturated carbocycles. The Bertz CT molecular complexity index is 789. The smallest absolute Gasteiger partial charge is 0.241 e. The predicted molar refractivity (Wildman–Crippen MR) is 118 cm³/mol. The Labute approximate surface area is 174 Å². The first-order valence-electron chi connectivity index (χ1n) is 11.0. The first-order valence-corrected chi connectivity index (χ1v) is 11.0. The lowest BCUT2D eigenvalue weighted by Crippen LogP contribution is -2.59. The van der Waals surface area contributed by atoms with Gasteiger partial charge in [-0.1, -0.05) is 54.6 Å². The van der Waals surface area contributed by atoms with Gasteiger partial charge in [0.15, 0.2) is 0 Å². The van der Waals surface area contributed by atoms with Crippen LogP contribution in [-0.2, 0) is 24.1 Å². The van der Waals surface area contributed by atoms with E-state index in [0.717, 1.165) is 38.9 Å². The third kappa shape index (κ3) is 4.54. The highest BCUT2D eigenvalue weighted by Crippen LogP contribution is 2.34. The van der Waals surface area contributed by atoms with Crippen LogP contribution in [-0.4, -0.2) is 61.0 Å². The summed E-state index contributed by atoms with van der Waals surface area (Å²) in [6.07, 6.45) is 5.12. The number of likely N-dealkylation sites (N-methyl/N-ethyl adjacent to an activating group) is 1. The quantitative estimate of drug-likeness (QED) is 0.752. The van der Waals surface area contributed by atoms with Crippen LogP contribution in [0.15, 0.2) is 54.6 Å². The van der Waals surface area contributed by atoms with E-state index in [1.807, 2.05) is 0 Å². The number of amides is 1. The predicted octanol–water partition coefficient (Wildman–Crippen LogP) is 2.91. The summed E-state index contributed by atoms with van der Waals surface area (Å²) >= 11 is 0. The number of rotatable bonds is 8. The second-order valence-electron chi connectivity index (χ2n) is 8.62. The van der Waals surface area contributed by atoms with Crippen molar-refractivity contribution in [1.82, 2.24) is 15.1 Å². The minimum absolute atomic E-state index is 0.184. The number of likely N-dealkylation sites (tertiary alicyclic amines) is 1. The number of nitrogens with zero attached hydrogens (tertiary/aromatic N) is 2. The number of carbonyl (C=O) groups is 1. The molecule has 4 nitrogen and oxygen atoms in total. The van der Waals surface area contributed by atoms with Crippen LogP contribution in [0.3, 0.4) is 0 Å². The summed E-state index contributed by atoms with van der Waals surface area (Å²) in [6, 6.07) is 19.1. The Hall–Kier alpha value is -2.17. The van der Waals surface area contributed by atoms with Crippen molar-refractivity contribution in [2.45, 2.75) is 37.6 Å². The molecule has 2 aliphatic rings. The van der Waals surface area contributed by atoms with E-state index < -0.39 is 5.54 Å². The van der Waals surface area contributed by atoms with Crippen molar-refractivity contribution in [3.63, 3.8) is 0 Å². The molecule has 4 rings (SSSR count). The second kappa shape index (κ2) is 9.10. The minimum Gasteiger partial charge on any atom is -0.353 e. The number of carbonyl (C=O) groups excluding carboxylic acids is 1. The molecule has 1 aliphatic carbocycles. The summed E-state index contributed by atoms with van der Waals surface area (Å²) < 4.78 is 0. The fourth-order valence-corrected chi connectivity index (χ4v) is 4.85. The molecule has 0 atom stereocenters. The number of benzene rings is 2. The molecule has 1 fully saturated rings. The van der Waals surface area contributed by atoms with E-state index in [1.54, 1.807) is 0 Å². The van der Waals surface area contributed by atoms with Gasteiger partial charge in [0, 0.05) is 32.5 Å². The summed E-state index contributed by atoms with van der Waals surface area (Å²) in [5, 5.41) is 3.28. The Morgan fingerprint density at radius 1 is 1.00 bits per heavy atom. The average Bonchev–Trinajstić information content (AvgIpc) is 3.41. The normalized spacial score (nSPS) is 18.1. The number of hydrogen-bond acceptors (Lipinski definition) is 3. The van der Waals surface area contributed by atoms with Crippen LogP contribution >= 0.6 is 0 Å². The molecule has 0 aromatic heterocycles. The van der Waals surface area contributed by atoms with Crippen molar-refractivity contribution >= 4 is 5.91 Å². The molecule has 0 spiro atoms. The Morgan fingerprint density at radius 3 is 2.28 bits per heavy atom. The molecule has 0 unspecified atom stereocenters. The van der Waals surface area contributed by atoms with Crippen molar-refractivity contribution < 1.29 is 4.79 Å². The second-order valence-corrected chi connectivity index (χ2v) is 8.62. The number of nitrogens with one attached hydrogen (secondary N) is 1. The lowest BCUT2D eigenvalue weighted by atomic mass is 9.91. The molecule has 2 aromatic carbocycles. The molecule has 0 radical (unpaired) electrons. The monoisotopic (exact) mass is 391 g/mol. The number of hydrogen-bond donors (Lipinski definition) is 1. The van der Waals surface area contributed by atoms with Crippen molar-refractivity contribution in [1.29, 1.82) is 0 Å². The highest BCUT2D eigenvalue weighted by Gasteiger charge is 2.46. The van der Waals surface area contributed by atoms with Gasteiger partial charge < -0.3 is 10.2 Å². The maximum Gasteiger partial charge on any atom is 0.241 e. The van der Waals surface area contributed by atoms with Crippen LogP contribution in [0, 0.1) is 0 Å². The van der Waals surface area contributed by atoms with Gasteiger partial charge in [0.2, 0.25) is 5.91 Å². The van der Waals surface area contributed by atoms with Crippen molar-refractivity contribution in [2.24, 2.45) is 0 Å². The number of fused-ring (bicyclic) bond motifs is 1. The van der Waals surface area contributed by atoms with Gasteiger partial charge in [0.25, 0.3) is 0 Å². The van der Waals surface area contributed by atoms with E-state index in [0.29, 0.717) is 0 Å². The van der Waals surface area contributed by atoms with E-state index in [2.05, 4.69) is 76.8 Å². The van der Waals surface area contributed by atoms with Gasteiger partial charge in [-0.2, -0.15) is 0 Å². The standard InChI is InChI=1S/C25H33N3O/c1-27(17-13-21-9-3-2-4-10-21)25(19-22-11-5-6-12-23(22)20-25)24(29)26-14-18-28-15-7-8-16-28/h2-6,9-12H,7-8,13-20H2,1H3,(H,26,29). The largest absolute Gasteiger partial charge is 0.353 e. The summed E-state index contributed by atoms with van der Waals surface area (Å²) in [5.74, 6) is 0.184. The van der Waals surface area contributed by atoms with Crippen LogP contribution in [0.25, 0.3) is 0 Å². The van der Waals surface area contributed by atoms with Crippen molar-refractivity contribution in [3.05, 3.63) is 71.3 Å². The molecular weight excluding hydrogens is 358 g/mol. The SMILES string of the molecule is CN(CCc1ccccc1)C1(C(=O)NCCN2CCCC2)Cc2ccccc2C1. The zero-order valence-corrected chi connectivity index (χ0v) is 17.6. The third-order valence-corrected chi connectivity index (χ3v) is 6.73. The van der Waals surface area contributed by atoms with Gasteiger partial charge in [0.05, 0.1) is 0 Å². The van der Waals surface area contributed by atoms with Crippen LogP contribution in [0.4, 0.5) is 0 Å². The van der Waals surface area contributed by atoms with E-state index in [9.17, 15) is 4.79 Å². The molecular formula is C25H33N3O. The van der Waals surface area contributed by atoms with Gasteiger partial charge in [-0.15, -0.1) is 0 Å². The van der Waals surface area contributed by atoms with Gasteiger partial charge >= 0.3 is 0 Å². The zero-order chi connectivity index (χ0) is 20.1. The summed E-state index contributed by atoms with van der Waals surface area (Å²) in [5.41, 5.74) is 3.46. The third-order valence-electron chi connectivity index (χ3n) is 6.73. The van der Waals surface area contributed by atoms with E-state index >= 15 is 0 Å². The molecule has 1 amide bonds. The highest BCUT2D eigenvalue weighted by molar-refractivity contribution is 5.88. The first kappa shape index (κ1) is 20.1. The van der Waals surface area contributed by atoms with Crippen molar-refractivity contribution in [3.8, 4) is 0 Å². The van der Waals surface area contributed by atoms with Crippen LogP contribution in [0.5, 0.6) is 0 Å². The lowest BCUT2D eigenvalue weighted by molar-refractivity contribution is -0.132. The Morgan fingerprint density at radius 2 is 1.62 bits per heavy atom. The summed E-state index contributed by atoms with van der Waals surface area (Å²) in [6.45, 7) is 4.91. The van der Waals surface area contributed by atoms with Crippen molar-refractivity contribution in [2.75, 3.05) is 39.8 Å². The Balaban J connectivity index is 1.44. The lowest BCUT2D eigenvalue weighted by Gasteiger charge is -2.37. The minimum atomic E-state index is -0.483. The van der Waals surface area contributed by atoms with E-state index in [4.69, 9.17) is 0 Å². The zero-order valence-electron chi connectivity index (χ0n) is 17.6. The van der Waals surface area contributed by atoms with E-state index in [-0.39, 0.29) is 5.91 Å². The fraction of sp³-hybridized carbons (Fsp3) is 0.480. The van der Waals surface area contributed by atoms with Gasteiger partial charge in [-0.25, -0.2) is 0 Å². The van der Waals surface area contributed by atoms with Crippen LogP contribution in [0.1, 0.15) is 29.5 Å². The molecule has 1 aliphatic heterocycles. The molecule has 1 N–H and O–H groups in total. The topological polar surface area (TPSA) is 35.6 Å². The molecule has 154 valence electrons.